The minimum Gasteiger partial charge on any atom is -0.495 e. The van der Waals surface area contributed by atoms with Crippen LogP contribution in [0, 0.1) is 0 Å². The monoisotopic (exact) mass is 280 g/mol. The number of para-hydroxylation sites is 2. The standard InChI is InChI=1S/C14H20N2O4/c1-4-7-10(13(17)18)15-14(19)16(2)11-8-5-6-9-12(11)20-3/h5-6,8-10H,4,7H2,1-3H3,(H,15,19)(H,17,18)/t10-/m0/s1. The molecule has 0 spiro atoms. The van der Waals surface area contributed by atoms with E-state index in [0.717, 1.165) is 0 Å². The van der Waals surface area contributed by atoms with E-state index in [0.29, 0.717) is 24.3 Å². The smallest absolute Gasteiger partial charge is 0.326 e. The van der Waals surface area contributed by atoms with Crippen molar-refractivity contribution in [2.24, 2.45) is 0 Å². The van der Waals surface area contributed by atoms with Crippen LogP contribution in [0.15, 0.2) is 24.3 Å². The molecule has 0 radical (unpaired) electrons. The first-order valence-electron chi connectivity index (χ1n) is 6.41. The number of carbonyl (C=O) groups is 2. The number of anilines is 1. The molecule has 0 aromatic heterocycles. The summed E-state index contributed by atoms with van der Waals surface area (Å²) in [5.41, 5.74) is 0.577. The van der Waals surface area contributed by atoms with Crippen LogP contribution in [-0.4, -0.2) is 37.3 Å². The summed E-state index contributed by atoms with van der Waals surface area (Å²) >= 11 is 0. The molecule has 0 heterocycles. The first-order chi connectivity index (χ1) is 9.51. The SMILES string of the molecule is CCC[C@H](NC(=O)N(C)c1ccccc1OC)C(=O)O. The van der Waals surface area contributed by atoms with Crippen LogP contribution in [0.2, 0.25) is 0 Å². The van der Waals surface area contributed by atoms with Gasteiger partial charge in [0.05, 0.1) is 12.8 Å². The molecule has 0 saturated carbocycles. The lowest BCUT2D eigenvalue weighted by Gasteiger charge is -2.22. The molecule has 1 aromatic carbocycles. The normalized spacial score (nSPS) is 11.6. The second-order valence-corrected chi connectivity index (χ2v) is 4.36. The van der Waals surface area contributed by atoms with Crippen molar-refractivity contribution >= 4 is 17.7 Å². The quantitative estimate of drug-likeness (QED) is 0.836. The van der Waals surface area contributed by atoms with Crippen LogP contribution >= 0.6 is 0 Å². The van der Waals surface area contributed by atoms with E-state index in [-0.39, 0.29) is 0 Å². The average molecular weight is 280 g/mol. The van der Waals surface area contributed by atoms with E-state index >= 15 is 0 Å². The number of amides is 2. The van der Waals surface area contributed by atoms with E-state index in [9.17, 15) is 9.59 Å². The van der Waals surface area contributed by atoms with Crippen LogP contribution in [0.5, 0.6) is 5.75 Å². The first-order valence-corrected chi connectivity index (χ1v) is 6.41. The third-order valence-corrected chi connectivity index (χ3v) is 2.92. The minimum atomic E-state index is -1.03. The summed E-state index contributed by atoms with van der Waals surface area (Å²) < 4.78 is 5.18. The molecule has 0 bridgehead atoms. The Morgan fingerprint density at radius 1 is 1.40 bits per heavy atom. The van der Waals surface area contributed by atoms with Crippen LogP contribution in [0.25, 0.3) is 0 Å². The summed E-state index contributed by atoms with van der Waals surface area (Å²) in [5, 5.41) is 11.5. The van der Waals surface area contributed by atoms with E-state index in [4.69, 9.17) is 9.84 Å². The highest BCUT2D eigenvalue weighted by Gasteiger charge is 2.22. The van der Waals surface area contributed by atoms with Crippen molar-refractivity contribution in [1.82, 2.24) is 5.32 Å². The van der Waals surface area contributed by atoms with E-state index in [1.807, 2.05) is 6.92 Å². The molecule has 110 valence electrons. The maximum absolute atomic E-state index is 12.1. The highest BCUT2D eigenvalue weighted by atomic mass is 16.5. The Morgan fingerprint density at radius 3 is 2.60 bits per heavy atom. The molecular formula is C14H20N2O4. The topological polar surface area (TPSA) is 78.9 Å². The zero-order valence-corrected chi connectivity index (χ0v) is 11.9. The predicted molar refractivity (Wildman–Crippen MR) is 76.3 cm³/mol. The zero-order valence-electron chi connectivity index (χ0n) is 11.9. The summed E-state index contributed by atoms with van der Waals surface area (Å²) in [6.45, 7) is 1.87. The Labute approximate surface area is 118 Å². The molecule has 6 heteroatoms. The number of carboxylic acid groups (broad SMARTS) is 1. The molecule has 6 nitrogen and oxygen atoms in total. The molecule has 1 atom stereocenters. The van der Waals surface area contributed by atoms with Crippen LogP contribution in [0.4, 0.5) is 10.5 Å². The number of urea groups is 1. The second-order valence-electron chi connectivity index (χ2n) is 4.36. The third kappa shape index (κ3) is 3.88. The number of ether oxygens (including phenoxy) is 1. The number of hydrogen-bond acceptors (Lipinski definition) is 3. The highest BCUT2D eigenvalue weighted by Crippen LogP contribution is 2.26. The third-order valence-electron chi connectivity index (χ3n) is 2.92. The fraction of sp³-hybridized carbons (Fsp3) is 0.429. The number of nitrogens with zero attached hydrogens (tertiary/aromatic N) is 1. The lowest BCUT2D eigenvalue weighted by atomic mass is 10.2. The van der Waals surface area contributed by atoms with Crippen molar-refractivity contribution < 1.29 is 19.4 Å². The molecular weight excluding hydrogens is 260 g/mol. The molecule has 1 rings (SSSR count). The van der Waals surface area contributed by atoms with Gasteiger partial charge in [-0.25, -0.2) is 9.59 Å². The van der Waals surface area contributed by atoms with Gasteiger partial charge >= 0.3 is 12.0 Å². The Bertz CT molecular complexity index is 476. The van der Waals surface area contributed by atoms with Crippen molar-refractivity contribution in [2.75, 3.05) is 19.1 Å². The molecule has 1 aromatic rings. The number of methoxy groups -OCH3 is 1. The molecule has 0 saturated heterocycles. The number of aliphatic carboxylic acids is 1. The minimum absolute atomic E-state index is 0.390. The van der Waals surface area contributed by atoms with Crippen molar-refractivity contribution in [2.45, 2.75) is 25.8 Å². The lowest BCUT2D eigenvalue weighted by Crippen LogP contribution is -2.46. The van der Waals surface area contributed by atoms with Crippen molar-refractivity contribution in [1.29, 1.82) is 0 Å². The number of rotatable bonds is 6. The van der Waals surface area contributed by atoms with E-state index in [1.54, 1.807) is 31.3 Å². The Kier molecular flexibility index (Phi) is 5.83. The fourth-order valence-corrected chi connectivity index (χ4v) is 1.81. The van der Waals surface area contributed by atoms with Gasteiger partial charge < -0.3 is 15.2 Å². The first kappa shape index (κ1) is 15.8. The predicted octanol–water partition coefficient (Wildman–Crippen LogP) is 2.09. The molecule has 0 unspecified atom stereocenters. The van der Waals surface area contributed by atoms with Gasteiger partial charge in [0.15, 0.2) is 0 Å². The van der Waals surface area contributed by atoms with E-state index in [2.05, 4.69) is 5.32 Å². The Hall–Kier alpha value is -2.24. The van der Waals surface area contributed by atoms with Crippen molar-refractivity contribution in [3.8, 4) is 5.75 Å². The number of hydrogen-bond donors (Lipinski definition) is 2. The van der Waals surface area contributed by atoms with Gasteiger partial charge in [0, 0.05) is 7.05 Å². The van der Waals surface area contributed by atoms with Crippen LogP contribution in [0.1, 0.15) is 19.8 Å². The van der Waals surface area contributed by atoms with Gasteiger partial charge in [0.25, 0.3) is 0 Å². The highest BCUT2D eigenvalue weighted by molar-refractivity contribution is 5.95. The molecule has 2 N–H and O–H groups in total. The number of carboxylic acids is 1. The van der Waals surface area contributed by atoms with Crippen LogP contribution in [-0.2, 0) is 4.79 Å². The maximum atomic E-state index is 12.1. The Balaban J connectivity index is 2.83. The molecule has 20 heavy (non-hydrogen) atoms. The van der Waals surface area contributed by atoms with Gasteiger partial charge in [-0.3, -0.25) is 4.90 Å². The number of nitrogens with one attached hydrogen (secondary N) is 1. The summed E-state index contributed by atoms with van der Waals surface area (Å²) in [6.07, 6.45) is 1.07. The van der Waals surface area contributed by atoms with E-state index in [1.165, 1.54) is 12.0 Å². The van der Waals surface area contributed by atoms with Gasteiger partial charge in [0.2, 0.25) is 0 Å². The zero-order chi connectivity index (χ0) is 15.1. The lowest BCUT2D eigenvalue weighted by molar-refractivity contribution is -0.139. The van der Waals surface area contributed by atoms with E-state index < -0.39 is 18.0 Å². The summed E-state index contributed by atoms with van der Waals surface area (Å²) in [4.78, 5) is 24.5. The molecule has 0 aliphatic rings. The van der Waals surface area contributed by atoms with Gasteiger partial charge in [-0.05, 0) is 18.6 Å². The van der Waals surface area contributed by atoms with Gasteiger partial charge in [-0.1, -0.05) is 25.5 Å². The largest absolute Gasteiger partial charge is 0.495 e. The van der Waals surface area contributed by atoms with Crippen molar-refractivity contribution in [3.05, 3.63) is 24.3 Å². The Morgan fingerprint density at radius 2 is 2.05 bits per heavy atom. The van der Waals surface area contributed by atoms with Gasteiger partial charge in [-0.2, -0.15) is 0 Å². The number of carbonyl (C=O) groups excluding carboxylic acids is 1. The molecule has 0 aliphatic carbocycles. The molecule has 0 aliphatic heterocycles. The van der Waals surface area contributed by atoms with Crippen LogP contribution < -0.4 is 15.0 Å². The maximum Gasteiger partial charge on any atom is 0.326 e. The molecule has 2 amide bonds. The fourth-order valence-electron chi connectivity index (χ4n) is 1.81. The summed E-state index contributed by atoms with van der Waals surface area (Å²) in [5.74, 6) is -0.485. The van der Waals surface area contributed by atoms with Crippen LogP contribution in [0.3, 0.4) is 0 Å². The summed E-state index contributed by atoms with van der Waals surface area (Å²) in [6, 6.07) is 5.68. The van der Waals surface area contributed by atoms with Gasteiger partial charge in [-0.15, -0.1) is 0 Å². The summed E-state index contributed by atoms with van der Waals surface area (Å²) in [7, 11) is 3.08. The molecule has 0 fully saturated rings. The number of benzene rings is 1. The second kappa shape index (κ2) is 7.37. The van der Waals surface area contributed by atoms with Gasteiger partial charge in [0.1, 0.15) is 11.8 Å². The van der Waals surface area contributed by atoms with Crippen molar-refractivity contribution in [3.63, 3.8) is 0 Å². The average Bonchev–Trinajstić information content (AvgIpc) is 2.45.